The third-order valence-electron chi connectivity index (χ3n) is 13.5. The van der Waals surface area contributed by atoms with Gasteiger partial charge < -0.3 is 10.6 Å². The highest BCUT2D eigenvalue weighted by molar-refractivity contribution is 6.17. The number of fused-ring (bicyclic) bond motifs is 2. The molecule has 2 amide bonds. The summed E-state index contributed by atoms with van der Waals surface area (Å²) in [5.41, 5.74) is 15.9. The molecular weight excluding hydrogens is 857 g/mol. The summed E-state index contributed by atoms with van der Waals surface area (Å²) < 4.78 is 0. The van der Waals surface area contributed by atoms with Crippen molar-refractivity contribution in [1.29, 1.82) is 0 Å². The molecule has 0 saturated carbocycles. The van der Waals surface area contributed by atoms with Crippen LogP contribution >= 0.6 is 0 Å². The number of hydrogen-bond donors (Lipinski definition) is 2. The second-order valence-electron chi connectivity index (χ2n) is 17.7. The lowest BCUT2D eigenvalue weighted by Crippen LogP contribution is -2.44. The van der Waals surface area contributed by atoms with Gasteiger partial charge in [-0.1, -0.05) is 206 Å². The van der Waals surface area contributed by atoms with Crippen LogP contribution in [0, 0.1) is 0 Å². The highest BCUT2D eigenvalue weighted by Gasteiger charge is 2.39. The van der Waals surface area contributed by atoms with Crippen molar-refractivity contribution in [2.75, 3.05) is 20.4 Å². The fourth-order valence-corrected chi connectivity index (χ4v) is 10.1. The second kappa shape index (κ2) is 18.1. The summed E-state index contributed by atoms with van der Waals surface area (Å²) >= 11 is 0. The van der Waals surface area contributed by atoms with Crippen LogP contribution in [0.1, 0.15) is 44.2 Å². The van der Waals surface area contributed by atoms with E-state index in [9.17, 15) is 0 Å². The van der Waals surface area contributed by atoms with E-state index in [0.717, 1.165) is 78.1 Å². The van der Waals surface area contributed by atoms with Gasteiger partial charge in [0.1, 0.15) is 12.3 Å². The number of rotatable bonds is 9. The van der Waals surface area contributed by atoms with Crippen LogP contribution in [-0.4, -0.2) is 11.8 Å². The number of carbonyl (C=O) groups excluding carboxylic acids is 2. The maximum Gasteiger partial charge on any atom is 0.262 e. The van der Waals surface area contributed by atoms with Gasteiger partial charge in [-0.3, -0.25) is 19.4 Å². The van der Waals surface area contributed by atoms with Crippen molar-refractivity contribution in [3.05, 3.63) is 277 Å². The molecule has 2 N–H and O–H groups in total. The molecule has 0 saturated heterocycles. The number of nitrogens with one attached hydrogen (secondary N) is 2. The van der Waals surface area contributed by atoms with Crippen LogP contribution < -0.4 is 20.4 Å². The maximum absolute atomic E-state index is 15.5. The molecule has 6 heteroatoms. The van der Waals surface area contributed by atoms with Crippen LogP contribution in [0.4, 0.5) is 22.7 Å². The highest BCUT2D eigenvalue weighted by Crippen LogP contribution is 2.48. The minimum Gasteiger partial charge on any atom is -0.360 e. The van der Waals surface area contributed by atoms with Crippen molar-refractivity contribution in [1.82, 2.24) is 0 Å². The molecule has 2 aliphatic rings. The van der Waals surface area contributed by atoms with Gasteiger partial charge in [-0.2, -0.15) is 0 Å². The van der Waals surface area contributed by atoms with Crippen LogP contribution in [-0.2, 0) is 0 Å². The van der Waals surface area contributed by atoms with Gasteiger partial charge in [-0.25, -0.2) is 0 Å². The smallest absolute Gasteiger partial charge is 0.262 e. The molecule has 334 valence electrons. The Morgan fingerprint density at radius 1 is 0.271 bits per heavy atom. The number of carbonyl (C=O) groups is 2. The van der Waals surface area contributed by atoms with Gasteiger partial charge >= 0.3 is 0 Å². The first-order valence-corrected chi connectivity index (χ1v) is 23.6. The van der Waals surface area contributed by atoms with Crippen LogP contribution in [0.2, 0.25) is 0 Å². The van der Waals surface area contributed by atoms with E-state index in [2.05, 4.69) is 132 Å². The number of amides is 2. The van der Waals surface area contributed by atoms with Gasteiger partial charge in [-0.15, -0.1) is 0 Å². The molecule has 70 heavy (non-hydrogen) atoms. The first-order chi connectivity index (χ1) is 34.6. The zero-order valence-electron chi connectivity index (χ0n) is 38.1. The van der Waals surface area contributed by atoms with E-state index in [1.54, 1.807) is 0 Å². The first-order valence-electron chi connectivity index (χ1n) is 23.6. The molecule has 0 bridgehead atoms. The molecule has 2 unspecified atom stereocenters. The Morgan fingerprint density at radius 2 is 0.557 bits per heavy atom. The van der Waals surface area contributed by atoms with Crippen molar-refractivity contribution in [2.24, 2.45) is 0 Å². The van der Waals surface area contributed by atoms with E-state index < -0.39 is 12.3 Å². The summed E-state index contributed by atoms with van der Waals surface area (Å²) in [6.07, 6.45) is -1.18. The Balaban J connectivity index is 1.00. The Morgan fingerprint density at radius 3 is 0.914 bits per heavy atom. The lowest BCUT2D eigenvalue weighted by molar-refractivity contribution is 0.0967. The molecule has 0 aliphatic carbocycles. The Kier molecular flexibility index (Phi) is 10.9. The van der Waals surface area contributed by atoms with Crippen LogP contribution in [0.25, 0.3) is 55.6 Å². The highest BCUT2D eigenvalue weighted by atomic mass is 16.2. The molecule has 12 rings (SSSR count). The quantitative estimate of drug-likeness (QED) is 0.151. The molecule has 2 aliphatic heterocycles. The molecule has 10 aromatic rings. The average Bonchev–Trinajstić information content (AvgIpc) is 3.44. The number of benzene rings is 10. The molecule has 2 heterocycles. The summed E-state index contributed by atoms with van der Waals surface area (Å²) in [5.74, 6) is -0.269. The van der Waals surface area contributed by atoms with E-state index in [1.165, 1.54) is 0 Å². The predicted molar refractivity (Wildman–Crippen MR) is 286 cm³/mol. The average molecular weight is 903 g/mol. The van der Waals surface area contributed by atoms with Gasteiger partial charge in [-0.05, 0) is 104 Å². The minimum atomic E-state index is -0.592. The van der Waals surface area contributed by atoms with E-state index in [0.29, 0.717) is 22.5 Å². The summed E-state index contributed by atoms with van der Waals surface area (Å²) in [6.45, 7) is 0. The third-order valence-corrected chi connectivity index (χ3v) is 13.5. The van der Waals surface area contributed by atoms with Gasteiger partial charge in [0.2, 0.25) is 0 Å². The van der Waals surface area contributed by atoms with Crippen molar-refractivity contribution in [3.8, 4) is 55.6 Å². The number of hydrogen-bond acceptors (Lipinski definition) is 4. The zero-order valence-corrected chi connectivity index (χ0v) is 38.1. The lowest BCUT2D eigenvalue weighted by atomic mass is 9.91. The predicted octanol–water partition coefficient (Wildman–Crippen LogP) is 15.6. The molecule has 2 atom stereocenters. The Labute approximate surface area is 407 Å². The van der Waals surface area contributed by atoms with Gasteiger partial charge in [0, 0.05) is 22.5 Å². The summed E-state index contributed by atoms with van der Waals surface area (Å²) in [5, 5.41) is 7.84. The van der Waals surface area contributed by atoms with Crippen molar-refractivity contribution in [2.45, 2.75) is 12.3 Å². The molecule has 0 spiro atoms. The van der Waals surface area contributed by atoms with Crippen molar-refractivity contribution in [3.63, 3.8) is 0 Å². The monoisotopic (exact) mass is 902 g/mol. The SMILES string of the molecule is O=C1c2cccc(-c3cccc4c3NC(c3cccc(-c5ccccc5)c3)N(c3cccc(-c5ccccc5)c3)C4=O)c2NC(c2cccc(-c3ccccc3)c2)N1c1cccc(-c2ccccc2)c1. The van der Waals surface area contributed by atoms with Crippen molar-refractivity contribution < 1.29 is 9.59 Å². The van der Waals surface area contributed by atoms with E-state index in [4.69, 9.17) is 0 Å². The molecule has 0 radical (unpaired) electrons. The van der Waals surface area contributed by atoms with E-state index >= 15 is 9.59 Å². The first kappa shape index (κ1) is 42.1. The topological polar surface area (TPSA) is 64.7 Å². The molecule has 0 aromatic heterocycles. The second-order valence-corrected chi connectivity index (χ2v) is 17.7. The summed E-state index contributed by atoms with van der Waals surface area (Å²) in [6, 6.07) is 86.1. The number of anilines is 4. The van der Waals surface area contributed by atoms with Gasteiger partial charge in [0.15, 0.2) is 0 Å². The molecule has 0 fully saturated rings. The zero-order chi connectivity index (χ0) is 47.0. The van der Waals surface area contributed by atoms with Crippen molar-refractivity contribution >= 4 is 34.6 Å². The fourth-order valence-electron chi connectivity index (χ4n) is 10.1. The largest absolute Gasteiger partial charge is 0.360 e. The Bertz CT molecular complexity index is 3320. The van der Waals surface area contributed by atoms with Gasteiger partial charge in [0.25, 0.3) is 11.8 Å². The van der Waals surface area contributed by atoms with E-state index in [1.807, 2.05) is 143 Å². The molecular formula is C64H46N4O2. The van der Waals surface area contributed by atoms with Gasteiger partial charge in [0.05, 0.1) is 22.5 Å². The summed E-state index contributed by atoms with van der Waals surface area (Å²) in [7, 11) is 0. The van der Waals surface area contributed by atoms with Crippen LogP contribution in [0.5, 0.6) is 0 Å². The maximum atomic E-state index is 15.5. The molecule has 6 nitrogen and oxygen atoms in total. The number of nitrogens with zero attached hydrogens (tertiary/aromatic N) is 2. The van der Waals surface area contributed by atoms with Crippen LogP contribution in [0.3, 0.4) is 0 Å². The molecule has 10 aromatic carbocycles. The third kappa shape index (κ3) is 7.77. The summed E-state index contributed by atoms with van der Waals surface area (Å²) in [4.78, 5) is 34.7. The number of para-hydroxylation sites is 2. The lowest BCUT2D eigenvalue weighted by Gasteiger charge is -2.41. The standard InChI is InChI=1S/C64H46N4O2/c69-63-57-37-17-35-55(59(57)65-61(51-31-13-27-47(39-51)43-19-5-1-6-20-43)67(63)53-33-15-29-49(41-53)45-23-9-3-10-24-45)56-36-18-38-58-60(56)66-62(52-32-14-28-48(40-52)44-21-7-2-8-22-44)68(64(58)70)54-34-16-30-50(42-54)46-25-11-4-12-26-46/h1-42,61-62,65-66H. The normalized spacial score (nSPS) is 15.1. The minimum absolute atomic E-state index is 0.134. The fraction of sp³-hybridized carbons (Fsp3) is 0.0312. The van der Waals surface area contributed by atoms with E-state index in [-0.39, 0.29) is 11.8 Å². The Hall–Kier alpha value is -9.26. The van der Waals surface area contributed by atoms with Crippen LogP contribution in [0.15, 0.2) is 255 Å².